The van der Waals surface area contributed by atoms with Crippen molar-refractivity contribution in [3.8, 4) is 17.2 Å². The SMILES string of the molecule is CC1(C)CCCCOC1.CC1(C)CCCOC1.CC1(C)CCCOCC1.CC1(C)CCOC1.CC1(C)CCOCC1.CC1(C)CCOc2ccccc21.CC1(C)COCCOC1.CC1(C)COCc2ccccc21.CC1(C)COc2ccccc21.CC1(C)COc2ccccc2C1. The predicted octanol–water partition coefficient (Wildman–Crippen LogP) is 20.8. The molecular formula is C86H140O11. The van der Waals surface area contributed by atoms with Crippen LogP contribution in [-0.4, -0.2) is 119 Å². The maximum Gasteiger partial charge on any atom is 0.123 e. The van der Waals surface area contributed by atoms with Crippen LogP contribution >= 0.6 is 0 Å². The van der Waals surface area contributed by atoms with E-state index in [2.05, 4.69) is 205 Å². The molecule has 10 heterocycles. The monoisotopic (exact) mass is 1350 g/mol. The summed E-state index contributed by atoms with van der Waals surface area (Å²) in [5, 5.41) is 0. The van der Waals surface area contributed by atoms with E-state index in [0.717, 1.165) is 156 Å². The standard InChI is InChI=1S/3C11H14O.C10H12O.2C8H16O.C7H14O2.2C7H14O.C6H12O/c1-11(2)8-12-7-9-5-3-4-6-10(9)11;1-11(2)7-9-5-3-4-6-10(9)12-8-11;1-11(2)7-8-12-10-6-4-3-5-9(10)11;1-10(2)7-11-9-6-4-3-5-8(9)10;1-8(2)4-3-6-9-7-5-8;1-8(2)5-3-4-6-9-7-8;1-7(2)5-8-3-4-9-6-7;1-7(2)3-5-8-6-4-7;1-7(2)4-3-5-8-6-7;1-6(2)3-4-7-5-6/h3*3-6H,7-8H2,1-2H3;3-6H,7H2,1-2H3;2*3-7H2,1-2H3;3-6H2,1-2H3;2*3-6H2,1-2H3;3-5H2,1-2H3. The number of ether oxygens (including phenoxy) is 11. The lowest BCUT2D eigenvalue weighted by Gasteiger charge is -2.32. The lowest BCUT2D eigenvalue weighted by molar-refractivity contribution is 0.0127. The Labute approximate surface area is 592 Å². The van der Waals surface area contributed by atoms with Gasteiger partial charge in [-0.25, -0.2) is 0 Å². The van der Waals surface area contributed by atoms with Crippen molar-refractivity contribution in [2.45, 2.75) is 245 Å². The lowest BCUT2D eigenvalue weighted by atomic mass is 9.80. The van der Waals surface area contributed by atoms with Gasteiger partial charge in [0.05, 0.1) is 79.3 Å². The molecule has 4 aromatic carbocycles. The van der Waals surface area contributed by atoms with E-state index in [1.54, 1.807) is 0 Å². The van der Waals surface area contributed by atoms with Crippen molar-refractivity contribution in [2.75, 3.05) is 119 Å². The predicted molar refractivity (Wildman–Crippen MR) is 402 cm³/mol. The van der Waals surface area contributed by atoms with E-state index in [-0.39, 0.29) is 21.7 Å². The van der Waals surface area contributed by atoms with Crippen LogP contribution in [0.2, 0.25) is 0 Å². The zero-order valence-corrected chi connectivity index (χ0v) is 65.4. The fourth-order valence-corrected chi connectivity index (χ4v) is 12.7. The number of fused-ring (bicyclic) bond motifs is 4. The molecule has 0 atom stereocenters. The van der Waals surface area contributed by atoms with Crippen LogP contribution in [0.4, 0.5) is 0 Å². The fourth-order valence-electron chi connectivity index (χ4n) is 12.7. The molecule has 11 nitrogen and oxygen atoms in total. The Morgan fingerprint density at radius 3 is 1.13 bits per heavy atom. The number of benzene rings is 4. The summed E-state index contributed by atoms with van der Waals surface area (Å²) in [5.74, 6) is 3.18. The van der Waals surface area contributed by atoms with E-state index in [0.29, 0.717) is 32.5 Å². The van der Waals surface area contributed by atoms with Gasteiger partial charge in [0.25, 0.3) is 0 Å². The first kappa shape index (κ1) is 83.6. The Balaban J connectivity index is 0.000000196. The van der Waals surface area contributed by atoms with Gasteiger partial charge in [-0.3, -0.25) is 0 Å². The van der Waals surface area contributed by atoms with Crippen LogP contribution in [0.5, 0.6) is 17.2 Å². The third-order valence-corrected chi connectivity index (χ3v) is 19.7. The second-order valence-corrected chi connectivity index (χ2v) is 36.1. The molecule has 0 aliphatic carbocycles. The summed E-state index contributed by atoms with van der Waals surface area (Å²) in [6.07, 6.45) is 16.2. The molecule has 10 aliphatic rings. The van der Waals surface area contributed by atoms with Crippen molar-refractivity contribution in [3.63, 3.8) is 0 Å². The lowest BCUT2D eigenvalue weighted by Crippen LogP contribution is -2.30. The molecule has 11 heteroatoms. The normalized spacial score (nSPS) is 23.7. The van der Waals surface area contributed by atoms with E-state index in [1.165, 1.54) is 98.4 Å². The van der Waals surface area contributed by atoms with E-state index in [1.807, 2.05) is 30.3 Å². The quantitative estimate of drug-likeness (QED) is 0.168. The average molecular weight is 1350 g/mol. The molecule has 550 valence electrons. The van der Waals surface area contributed by atoms with Gasteiger partial charge in [0.1, 0.15) is 17.2 Å². The molecule has 10 aliphatic heterocycles. The van der Waals surface area contributed by atoms with Gasteiger partial charge in [-0.05, 0) is 150 Å². The largest absolute Gasteiger partial charge is 0.493 e. The van der Waals surface area contributed by atoms with Crippen LogP contribution in [0.3, 0.4) is 0 Å². The molecular weight excluding hydrogens is 1210 g/mol. The molecule has 0 N–H and O–H groups in total. The van der Waals surface area contributed by atoms with Gasteiger partial charge in [0.2, 0.25) is 0 Å². The van der Waals surface area contributed by atoms with Gasteiger partial charge in [0, 0.05) is 73.5 Å². The third kappa shape index (κ3) is 32.7. The maximum atomic E-state index is 5.64. The highest BCUT2D eigenvalue weighted by molar-refractivity contribution is 5.43. The Bertz CT molecular complexity index is 2630. The molecule has 0 amide bonds. The van der Waals surface area contributed by atoms with Crippen molar-refractivity contribution in [2.24, 2.45) is 37.9 Å². The first-order valence-corrected chi connectivity index (χ1v) is 37.4. The molecule has 6 fully saturated rings. The number of para-hydroxylation sites is 3. The van der Waals surface area contributed by atoms with Crippen LogP contribution in [-0.2, 0) is 67.2 Å². The van der Waals surface area contributed by atoms with Gasteiger partial charge in [-0.15, -0.1) is 0 Å². The first-order chi connectivity index (χ1) is 45.5. The average Bonchev–Trinajstić information content (AvgIpc) is 1.77. The summed E-state index contributed by atoms with van der Waals surface area (Å²) in [4.78, 5) is 0. The number of rotatable bonds is 0. The first-order valence-electron chi connectivity index (χ1n) is 37.4. The van der Waals surface area contributed by atoms with Gasteiger partial charge < -0.3 is 52.1 Å². The second-order valence-electron chi connectivity index (χ2n) is 36.1. The van der Waals surface area contributed by atoms with Gasteiger partial charge in [0.15, 0.2) is 0 Å². The third-order valence-electron chi connectivity index (χ3n) is 19.7. The summed E-state index contributed by atoms with van der Waals surface area (Å²) in [5.41, 5.74) is 10.5. The summed E-state index contributed by atoms with van der Waals surface area (Å²) in [6.45, 7) is 61.9. The Morgan fingerprint density at radius 2 is 0.608 bits per heavy atom. The molecule has 0 bridgehead atoms. The van der Waals surface area contributed by atoms with E-state index < -0.39 is 0 Å². The van der Waals surface area contributed by atoms with Crippen LogP contribution in [0.15, 0.2) is 97.1 Å². The molecule has 0 aromatic heterocycles. The Kier molecular flexibility index (Phi) is 34.0. The maximum absolute atomic E-state index is 5.64. The van der Waals surface area contributed by atoms with E-state index in [4.69, 9.17) is 52.1 Å². The summed E-state index contributed by atoms with van der Waals surface area (Å²) < 4.78 is 59.2. The molecule has 0 spiro atoms. The molecule has 97 heavy (non-hydrogen) atoms. The van der Waals surface area contributed by atoms with Crippen LogP contribution in [0, 0.1) is 37.9 Å². The van der Waals surface area contributed by atoms with Gasteiger partial charge in [-0.1, -0.05) is 224 Å². The molecule has 4 aromatic rings. The second kappa shape index (κ2) is 39.4. The van der Waals surface area contributed by atoms with Crippen molar-refractivity contribution < 1.29 is 52.1 Å². The number of hydrogen-bond acceptors (Lipinski definition) is 11. The van der Waals surface area contributed by atoms with Crippen molar-refractivity contribution in [3.05, 3.63) is 125 Å². The molecule has 6 saturated heterocycles. The van der Waals surface area contributed by atoms with Crippen molar-refractivity contribution in [1.82, 2.24) is 0 Å². The summed E-state index contributed by atoms with van der Waals surface area (Å²) in [7, 11) is 0. The highest BCUT2D eigenvalue weighted by Gasteiger charge is 2.33. The van der Waals surface area contributed by atoms with Crippen LogP contribution in [0.1, 0.15) is 243 Å². The van der Waals surface area contributed by atoms with Crippen LogP contribution in [0.25, 0.3) is 0 Å². The van der Waals surface area contributed by atoms with E-state index in [9.17, 15) is 0 Å². The molecule has 0 unspecified atom stereocenters. The molecule has 0 saturated carbocycles. The van der Waals surface area contributed by atoms with Gasteiger partial charge >= 0.3 is 0 Å². The molecule has 14 rings (SSSR count). The fraction of sp³-hybridized carbons (Fsp3) is 0.721. The zero-order valence-electron chi connectivity index (χ0n) is 65.4. The Morgan fingerprint density at radius 1 is 0.227 bits per heavy atom. The summed E-state index contributed by atoms with van der Waals surface area (Å²) >= 11 is 0. The highest BCUT2D eigenvalue weighted by atomic mass is 16.5. The summed E-state index contributed by atoms with van der Waals surface area (Å²) in [6, 6.07) is 33.4. The van der Waals surface area contributed by atoms with E-state index >= 15 is 0 Å². The Hall–Kier alpha value is -4.04. The minimum atomic E-state index is 0.189. The van der Waals surface area contributed by atoms with Crippen LogP contribution < -0.4 is 14.2 Å². The smallest absolute Gasteiger partial charge is 0.123 e. The minimum absolute atomic E-state index is 0.189. The number of hydrogen-bond donors (Lipinski definition) is 0. The highest BCUT2D eigenvalue weighted by Crippen LogP contribution is 2.40. The van der Waals surface area contributed by atoms with Gasteiger partial charge in [-0.2, -0.15) is 0 Å². The van der Waals surface area contributed by atoms with Crippen molar-refractivity contribution >= 4 is 0 Å². The van der Waals surface area contributed by atoms with Crippen molar-refractivity contribution in [1.29, 1.82) is 0 Å². The zero-order chi connectivity index (χ0) is 71.3. The molecule has 0 radical (unpaired) electrons. The topological polar surface area (TPSA) is 102 Å². The minimum Gasteiger partial charge on any atom is -0.493 e.